The minimum absolute atomic E-state index is 1.01. The molecule has 3 heteroatoms. The summed E-state index contributed by atoms with van der Waals surface area (Å²) < 4.78 is 2.20. The van der Waals surface area contributed by atoms with E-state index in [9.17, 15) is 0 Å². The van der Waals surface area contributed by atoms with E-state index in [-0.39, 0.29) is 0 Å². The monoisotopic (exact) mass is 299 g/mol. The third kappa shape index (κ3) is 1.63. The van der Waals surface area contributed by atoms with Crippen LogP contribution in [0.2, 0.25) is 0 Å². The van der Waals surface area contributed by atoms with Gasteiger partial charge in [-0.15, -0.1) is 0 Å². The van der Waals surface area contributed by atoms with Crippen molar-refractivity contribution in [2.24, 2.45) is 0 Å². The lowest BCUT2D eigenvalue weighted by atomic mass is 10.2. The predicted octanol–water partition coefficient (Wildman–Crippen LogP) is 4.07. The van der Waals surface area contributed by atoms with E-state index in [1.54, 1.807) is 0 Å². The molecule has 0 aliphatic rings. The van der Waals surface area contributed by atoms with Gasteiger partial charge in [0, 0.05) is 20.5 Å². The number of hydrogen-bond donors (Lipinski definition) is 0. The first-order valence-corrected chi connectivity index (χ1v) is 5.47. The highest BCUT2D eigenvalue weighted by atomic mass is 79.9. The molecule has 0 aliphatic carbocycles. The van der Waals surface area contributed by atoms with Crippen molar-refractivity contribution in [1.82, 2.24) is 4.98 Å². The van der Waals surface area contributed by atoms with Crippen molar-refractivity contribution in [2.45, 2.75) is 6.92 Å². The molecule has 0 fully saturated rings. The van der Waals surface area contributed by atoms with Gasteiger partial charge in [0.2, 0.25) is 0 Å². The number of halogens is 2. The van der Waals surface area contributed by atoms with E-state index in [0.29, 0.717) is 0 Å². The van der Waals surface area contributed by atoms with E-state index < -0.39 is 0 Å². The van der Waals surface area contributed by atoms with Gasteiger partial charge in [-0.2, -0.15) is 0 Å². The largest absolute Gasteiger partial charge is 0.256 e. The zero-order chi connectivity index (χ0) is 9.42. The number of nitrogens with zero attached hydrogens (tertiary/aromatic N) is 1. The minimum Gasteiger partial charge on any atom is -0.256 e. The molecule has 1 heterocycles. The van der Waals surface area contributed by atoms with Gasteiger partial charge in [-0.1, -0.05) is 15.9 Å². The zero-order valence-corrected chi connectivity index (χ0v) is 10.2. The number of benzene rings is 1. The van der Waals surface area contributed by atoms with Crippen LogP contribution in [0.15, 0.2) is 33.3 Å². The molecule has 1 aromatic heterocycles. The van der Waals surface area contributed by atoms with Crippen LogP contribution in [0.4, 0.5) is 0 Å². The van der Waals surface area contributed by atoms with Crippen molar-refractivity contribution in [2.75, 3.05) is 0 Å². The Balaban J connectivity index is 2.89. The molecule has 0 atom stereocenters. The molecule has 0 saturated carbocycles. The molecule has 13 heavy (non-hydrogen) atoms. The normalized spacial score (nSPS) is 10.7. The summed E-state index contributed by atoms with van der Waals surface area (Å²) >= 11 is 7.00. The minimum atomic E-state index is 1.01. The van der Waals surface area contributed by atoms with Gasteiger partial charge in [0.15, 0.2) is 0 Å². The third-order valence-corrected chi connectivity index (χ3v) is 3.48. The molecule has 0 N–H and O–H groups in total. The summed E-state index contributed by atoms with van der Waals surface area (Å²) in [6.07, 6.45) is 1.88. The molecule has 0 saturated heterocycles. The van der Waals surface area contributed by atoms with Crippen molar-refractivity contribution in [3.63, 3.8) is 0 Å². The van der Waals surface area contributed by atoms with Crippen LogP contribution >= 0.6 is 31.9 Å². The summed E-state index contributed by atoms with van der Waals surface area (Å²) in [7, 11) is 0. The summed E-state index contributed by atoms with van der Waals surface area (Å²) in [5.74, 6) is 0. The van der Waals surface area contributed by atoms with Crippen LogP contribution in [0.3, 0.4) is 0 Å². The fraction of sp³-hybridized carbons (Fsp3) is 0.100. The van der Waals surface area contributed by atoms with Gasteiger partial charge in [0.25, 0.3) is 0 Å². The maximum Gasteiger partial charge on any atom is 0.0714 e. The average Bonchev–Trinajstić information content (AvgIpc) is 2.12. The van der Waals surface area contributed by atoms with Gasteiger partial charge in [-0.05, 0) is 46.6 Å². The summed E-state index contributed by atoms with van der Waals surface area (Å²) in [6, 6.07) is 6.07. The molecule has 0 radical (unpaired) electrons. The topological polar surface area (TPSA) is 12.9 Å². The molecule has 0 amide bonds. The average molecular weight is 301 g/mol. The Hall–Kier alpha value is -0.410. The Kier molecular flexibility index (Phi) is 2.39. The van der Waals surface area contributed by atoms with Crippen LogP contribution in [0.1, 0.15) is 5.56 Å². The Labute approximate surface area is 93.4 Å². The smallest absolute Gasteiger partial charge is 0.0714 e. The lowest BCUT2D eigenvalue weighted by molar-refractivity contribution is 1.31. The summed E-state index contributed by atoms with van der Waals surface area (Å²) in [5.41, 5.74) is 2.17. The van der Waals surface area contributed by atoms with E-state index >= 15 is 0 Å². The second kappa shape index (κ2) is 3.39. The van der Waals surface area contributed by atoms with Crippen LogP contribution in [0, 0.1) is 6.92 Å². The lowest BCUT2D eigenvalue weighted by Gasteiger charge is -2.03. The van der Waals surface area contributed by atoms with Gasteiger partial charge in [-0.3, -0.25) is 4.98 Å². The van der Waals surface area contributed by atoms with Gasteiger partial charge in [-0.25, -0.2) is 0 Å². The molecule has 0 bridgehead atoms. The number of hydrogen-bond acceptors (Lipinski definition) is 1. The first-order valence-electron chi connectivity index (χ1n) is 3.89. The van der Waals surface area contributed by atoms with Crippen LogP contribution in [0.5, 0.6) is 0 Å². The Bertz CT molecular complexity index is 460. The second-order valence-corrected chi connectivity index (χ2v) is 4.63. The fourth-order valence-corrected chi connectivity index (χ4v) is 2.01. The Morgan fingerprint density at radius 3 is 2.77 bits per heavy atom. The lowest BCUT2D eigenvalue weighted by Crippen LogP contribution is -1.83. The second-order valence-electron chi connectivity index (χ2n) is 2.92. The zero-order valence-electron chi connectivity index (χ0n) is 7.01. The maximum atomic E-state index is 4.33. The Morgan fingerprint density at radius 1 is 1.23 bits per heavy atom. The first kappa shape index (κ1) is 9.16. The van der Waals surface area contributed by atoms with Gasteiger partial charge < -0.3 is 0 Å². The van der Waals surface area contributed by atoms with Crippen molar-refractivity contribution >= 4 is 42.8 Å². The first-order chi connectivity index (χ1) is 6.18. The number of aromatic nitrogens is 1. The van der Waals surface area contributed by atoms with Gasteiger partial charge in [0.05, 0.1) is 5.52 Å². The van der Waals surface area contributed by atoms with E-state index in [2.05, 4.69) is 42.9 Å². The van der Waals surface area contributed by atoms with E-state index in [1.807, 2.05) is 25.3 Å². The molecule has 1 nitrogen and oxygen atoms in total. The highest BCUT2D eigenvalue weighted by Crippen LogP contribution is 2.27. The van der Waals surface area contributed by atoms with E-state index in [4.69, 9.17) is 0 Å². The third-order valence-electron chi connectivity index (χ3n) is 1.94. The molecule has 0 unspecified atom stereocenters. The predicted molar refractivity (Wildman–Crippen MR) is 61.9 cm³/mol. The van der Waals surface area contributed by atoms with Crippen molar-refractivity contribution in [1.29, 1.82) is 0 Å². The van der Waals surface area contributed by atoms with E-state index in [0.717, 1.165) is 25.4 Å². The molecule has 66 valence electrons. The van der Waals surface area contributed by atoms with Crippen LogP contribution in [-0.4, -0.2) is 4.98 Å². The number of rotatable bonds is 0. The van der Waals surface area contributed by atoms with Crippen molar-refractivity contribution in [3.8, 4) is 0 Å². The molecule has 2 aromatic rings. The molecule has 0 aliphatic heterocycles. The number of pyridine rings is 1. The Morgan fingerprint density at radius 2 is 2.00 bits per heavy atom. The molecule has 1 aromatic carbocycles. The van der Waals surface area contributed by atoms with Crippen molar-refractivity contribution < 1.29 is 0 Å². The summed E-state index contributed by atoms with van der Waals surface area (Å²) in [6.45, 7) is 2.04. The summed E-state index contributed by atoms with van der Waals surface area (Å²) in [5, 5.41) is 1.15. The molecule has 2 rings (SSSR count). The SMILES string of the molecule is Cc1cnc2ccc(Br)cc2c1Br. The highest BCUT2D eigenvalue weighted by Gasteiger charge is 2.02. The maximum absolute atomic E-state index is 4.33. The fourth-order valence-electron chi connectivity index (χ4n) is 1.23. The highest BCUT2D eigenvalue weighted by molar-refractivity contribution is 9.11. The number of aryl methyl sites for hydroxylation is 1. The summed E-state index contributed by atoms with van der Waals surface area (Å²) in [4.78, 5) is 4.33. The van der Waals surface area contributed by atoms with Crippen molar-refractivity contribution in [3.05, 3.63) is 38.9 Å². The standard InChI is InChI=1S/C10H7Br2N/c1-6-5-13-9-3-2-7(11)4-8(9)10(6)12/h2-5H,1H3. The molecular formula is C10H7Br2N. The van der Waals surface area contributed by atoms with Gasteiger partial charge in [0.1, 0.15) is 0 Å². The molecular weight excluding hydrogens is 294 g/mol. The number of fused-ring (bicyclic) bond motifs is 1. The quantitative estimate of drug-likeness (QED) is 0.715. The molecule has 0 spiro atoms. The van der Waals surface area contributed by atoms with Crippen LogP contribution in [-0.2, 0) is 0 Å². The van der Waals surface area contributed by atoms with Crippen LogP contribution in [0.25, 0.3) is 10.9 Å². The van der Waals surface area contributed by atoms with E-state index in [1.165, 1.54) is 0 Å². The van der Waals surface area contributed by atoms with Crippen LogP contribution < -0.4 is 0 Å². The van der Waals surface area contributed by atoms with Gasteiger partial charge >= 0.3 is 0 Å².